The summed E-state index contributed by atoms with van der Waals surface area (Å²) in [7, 11) is 0. The predicted molar refractivity (Wildman–Crippen MR) is 96.2 cm³/mol. The maximum absolute atomic E-state index is 12.3. The number of nitrogens with one attached hydrogen (secondary N) is 1. The Morgan fingerprint density at radius 1 is 0.913 bits per heavy atom. The molecule has 0 radical (unpaired) electrons. The lowest BCUT2D eigenvalue weighted by molar-refractivity contribution is -0.116. The Morgan fingerprint density at radius 3 is 2.04 bits per heavy atom. The second-order valence-electron chi connectivity index (χ2n) is 5.15. The standard InChI is InChI=1S/C20H17NOS/c22-19(12-11-16-13-14-23-15-16)21-20(17-7-3-1-4-8-17)18-9-5-2-6-10-18/h1-15,20H,(H,21,22)/b12-11+. The van der Waals surface area contributed by atoms with E-state index in [0.29, 0.717) is 0 Å². The molecule has 1 aromatic heterocycles. The largest absolute Gasteiger partial charge is 0.342 e. The van der Waals surface area contributed by atoms with E-state index in [1.807, 2.05) is 83.6 Å². The molecule has 0 aliphatic rings. The van der Waals surface area contributed by atoms with E-state index in [0.717, 1.165) is 16.7 Å². The molecule has 0 aliphatic carbocycles. The molecule has 0 aliphatic heterocycles. The molecule has 1 amide bonds. The Labute approximate surface area is 140 Å². The van der Waals surface area contributed by atoms with Crippen molar-refractivity contribution in [1.29, 1.82) is 0 Å². The third-order valence-electron chi connectivity index (χ3n) is 3.52. The van der Waals surface area contributed by atoms with Crippen LogP contribution in [0.5, 0.6) is 0 Å². The lowest BCUT2D eigenvalue weighted by Crippen LogP contribution is -2.27. The molecule has 0 saturated carbocycles. The van der Waals surface area contributed by atoms with E-state index >= 15 is 0 Å². The third kappa shape index (κ3) is 4.18. The Kier molecular flexibility index (Phi) is 5.02. The van der Waals surface area contributed by atoms with E-state index in [9.17, 15) is 4.79 Å². The summed E-state index contributed by atoms with van der Waals surface area (Å²) < 4.78 is 0. The molecule has 0 saturated heterocycles. The summed E-state index contributed by atoms with van der Waals surface area (Å²) in [6, 6.07) is 21.8. The lowest BCUT2D eigenvalue weighted by atomic mass is 9.99. The van der Waals surface area contributed by atoms with Crippen LogP contribution in [-0.4, -0.2) is 5.91 Å². The van der Waals surface area contributed by atoms with Crippen molar-refractivity contribution >= 4 is 23.3 Å². The number of hydrogen-bond acceptors (Lipinski definition) is 2. The van der Waals surface area contributed by atoms with E-state index in [4.69, 9.17) is 0 Å². The van der Waals surface area contributed by atoms with Gasteiger partial charge in [0.25, 0.3) is 0 Å². The van der Waals surface area contributed by atoms with Crippen LogP contribution < -0.4 is 5.32 Å². The molecule has 23 heavy (non-hydrogen) atoms. The van der Waals surface area contributed by atoms with Gasteiger partial charge in [0.15, 0.2) is 0 Å². The lowest BCUT2D eigenvalue weighted by Gasteiger charge is -2.19. The summed E-state index contributed by atoms with van der Waals surface area (Å²) in [5, 5.41) is 7.09. The molecule has 3 aromatic rings. The average Bonchev–Trinajstić information content (AvgIpc) is 3.13. The summed E-state index contributed by atoms with van der Waals surface area (Å²) in [6.45, 7) is 0. The molecule has 3 rings (SSSR count). The number of thiophene rings is 1. The van der Waals surface area contributed by atoms with Crippen LogP contribution in [0, 0.1) is 0 Å². The van der Waals surface area contributed by atoms with Gasteiger partial charge in [-0.05, 0) is 39.6 Å². The summed E-state index contributed by atoms with van der Waals surface area (Å²) in [5.74, 6) is -0.103. The minimum Gasteiger partial charge on any atom is -0.342 e. The molecule has 114 valence electrons. The molecule has 0 spiro atoms. The molecule has 0 atom stereocenters. The highest BCUT2D eigenvalue weighted by Gasteiger charge is 2.15. The van der Waals surface area contributed by atoms with Gasteiger partial charge >= 0.3 is 0 Å². The Morgan fingerprint density at radius 2 is 1.52 bits per heavy atom. The van der Waals surface area contributed by atoms with Crippen LogP contribution in [0.1, 0.15) is 22.7 Å². The molecular weight excluding hydrogens is 302 g/mol. The summed E-state index contributed by atoms with van der Waals surface area (Å²) >= 11 is 1.62. The number of hydrogen-bond donors (Lipinski definition) is 1. The highest BCUT2D eigenvalue weighted by atomic mass is 32.1. The van der Waals surface area contributed by atoms with Crippen molar-refractivity contribution < 1.29 is 4.79 Å². The van der Waals surface area contributed by atoms with Crippen molar-refractivity contribution in [3.8, 4) is 0 Å². The van der Waals surface area contributed by atoms with Crippen molar-refractivity contribution in [1.82, 2.24) is 5.32 Å². The van der Waals surface area contributed by atoms with E-state index in [1.54, 1.807) is 17.4 Å². The van der Waals surface area contributed by atoms with E-state index in [1.165, 1.54) is 0 Å². The molecule has 0 fully saturated rings. The van der Waals surface area contributed by atoms with E-state index in [-0.39, 0.29) is 11.9 Å². The number of carbonyl (C=O) groups is 1. The van der Waals surface area contributed by atoms with Gasteiger partial charge in [0.2, 0.25) is 5.91 Å². The SMILES string of the molecule is O=C(/C=C/c1ccsc1)NC(c1ccccc1)c1ccccc1. The molecule has 1 heterocycles. The van der Waals surface area contributed by atoms with E-state index < -0.39 is 0 Å². The van der Waals surface area contributed by atoms with Crippen LogP contribution in [0.3, 0.4) is 0 Å². The number of benzene rings is 2. The molecule has 0 unspecified atom stereocenters. The fraction of sp³-hybridized carbons (Fsp3) is 0.0500. The van der Waals surface area contributed by atoms with Gasteiger partial charge in [-0.2, -0.15) is 11.3 Å². The fourth-order valence-corrected chi connectivity index (χ4v) is 3.01. The van der Waals surface area contributed by atoms with Gasteiger partial charge in [-0.25, -0.2) is 0 Å². The number of carbonyl (C=O) groups excluding carboxylic acids is 1. The van der Waals surface area contributed by atoms with Crippen molar-refractivity contribution in [2.24, 2.45) is 0 Å². The Bertz CT molecular complexity index is 724. The van der Waals surface area contributed by atoms with Crippen LogP contribution in [-0.2, 0) is 4.79 Å². The maximum Gasteiger partial charge on any atom is 0.244 e. The normalized spacial score (nSPS) is 11.0. The first kappa shape index (κ1) is 15.3. The monoisotopic (exact) mass is 319 g/mol. The second kappa shape index (κ2) is 7.56. The topological polar surface area (TPSA) is 29.1 Å². The summed E-state index contributed by atoms with van der Waals surface area (Å²) in [5.41, 5.74) is 3.17. The van der Waals surface area contributed by atoms with Gasteiger partial charge in [-0.3, -0.25) is 4.79 Å². The molecule has 0 bridgehead atoms. The Hall–Kier alpha value is -2.65. The van der Waals surface area contributed by atoms with E-state index in [2.05, 4.69) is 5.32 Å². The quantitative estimate of drug-likeness (QED) is 0.680. The van der Waals surface area contributed by atoms with Crippen LogP contribution in [0.2, 0.25) is 0 Å². The van der Waals surface area contributed by atoms with Crippen LogP contribution in [0.4, 0.5) is 0 Å². The first-order valence-electron chi connectivity index (χ1n) is 7.43. The summed E-state index contributed by atoms with van der Waals surface area (Å²) in [4.78, 5) is 12.3. The second-order valence-corrected chi connectivity index (χ2v) is 5.93. The molecule has 2 nitrogen and oxygen atoms in total. The highest BCUT2D eigenvalue weighted by molar-refractivity contribution is 7.08. The predicted octanol–water partition coefficient (Wildman–Crippen LogP) is 4.67. The molecule has 1 N–H and O–H groups in total. The fourth-order valence-electron chi connectivity index (χ4n) is 2.38. The zero-order valence-electron chi connectivity index (χ0n) is 12.6. The van der Waals surface area contributed by atoms with Gasteiger partial charge in [0.1, 0.15) is 0 Å². The maximum atomic E-state index is 12.3. The zero-order valence-corrected chi connectivity index (χ0v) is 13.4. The van der Waals surface area contributed by atoms with Crippen molar-refractivity contribution in [2.75, 3.05) is 0 Å². The van der Waals surface area contributed by atoms with Crippen molar-refractivity contribution in [3.05, 3.63) is 100 Å². The van der Waals surface area contributed by atoms with Gasteiger partial charge in [0, 0.05) is 6.08 Å². The first-order valence-corrected chi connectivity index (χ1v) is 8.38. The smallest absolute Gasteiger partial charge is 0.244 e. The van der Waals surface area contributed by atoms with Crippen molar-refractivity contribution in [2.45, 2.75) is 6.04 Å². The molecule has 2 aromatic carbocycles. The van der Waals surface area contributed by atoms with Crippen molar-refractivity contribution in [3.63, 3.8) is 0 Å². The van der Waals surface area contributed by atoms with Gasteiger partial charge < -0.3 is 5.32 Å². The van der Waals surface area contributed by atoms with Crippen LogP contribution in [0.15, 0.2) is 83.6 Å². The number of rotatable bonds is 5. The highest BCUT2D eigenvalue weighted by Crippen LogP contribution is 2.21. The third-order valence-corrected chi connectivity index (χ3v) is 4.22. The average molecular weight is 319 g/mol. The summed E-state index contributed by atoms with van der Waals surface area (Å²) in [6.07, 6.45) is 3.42. The Balaban J connectivity index is 1.80. The first-order chi connectivity index (χ1) is 11.3. The van der Waals surface area contributed by atoms with Gasteiger partial charge in [-0.1, -0.05) is 60.7 Å². The van der Waals surface area contributed by atoms with Gasteiger partial charge in [-0.15, -0.1) is 0 Å². The van der Waals surface area contributed by atoms with Gasteiger partial charge in [0.05, 0.1) is 6.04 Å². The zero-order chi connectivity index (χ0) is 15.9. The molecular formula is C20H17NOS. The molecule has 3 heteroatoms. The minimum atomic E-state index is -0.156. The van der Waals surface area contributed by atoms with Crippen LogP contribution >= 0.6 is 11.3 Å². The minimum absolute atomic E-state index is 0.103. The van der Waals surface area contributed by atoms with Crippen LogP contribution in [0.25, 0.3) is 6.08 Å². The number of amides is 1.